The second-order valence-electron chi connectivity index (χ2n) is 5.40. The van der Waals surface area contributed by atoms with Crippen molar-refractivity contribution >= 4 is 11.8 Å². The van der Waals surface area contributed by atoms with Crippen LogP contribution in [0.2, 0.25) is 0 Å². The summed E-state index contributed by atoms with van der Waals surface area (Å²) in [6.45, 7) is 8.81. The number of unbranched alkanes of at least 4 members (excludes halogenated alkanes) is 1. The van der Waals surface area contributed by atoms with Crippen LogP contribution in [0.15, 0.2) is 0 Å². The van der Waals surface area contributed by atoms with Crippen LogP contribution in [0, 0.1) is 0 Å². The van der Waals surface area contributed by atoms with Crippen LogP contribution in [-0.2, 0) is 9.59 Å². The zero-order valence-electron chi connectivity index (χ0n) is 13.9. The van der Waals surface area contributed by atoms with Crippen LogP contribution in [0.5, 0.6) is 0 Å². The number of hydrogen-bond donors (Lipinski definition) is 4. The van der Waals surface area contributed by atoms with Crippen molar-refractivity contribution < 1.29 is 9.59 Å². The lowest BCUT2D eigenvalue weighted by Crippen LogP contribution is -2.52. The van der Waals surface area contributed by atoms with E-state index in [1.54, 1.807) is 6.92 Å². The Morgan fingerprint density at radius 2 is 1.81 bits per heavy atom. The van der Waals surface area contributed by atoms with Crippen LogP contribution in [0.25, 0.3) is 0 Å². The Bertz CT molecular complexity index is 310. The summed E-state index contributed by atoms with van der Waals surface area (Å²) in [5.41, 5.74) is 5.97. The van der Waals surface area contributed by atoms with Gasteiger partial charge in [-0.05, 0) is 26.7 Å². The summed E-state index contributed by atoms with van der Waals surface area (Å²) in [6.07, 6.45) is 3.74. The zero-order valence-corrected chi connectivity index (χ0v) is 13.9. The van der Waals surface area contributed by atoms with E-state index in [4.69, 9.17) is 5.73 Å². The highest BCUT2D eigenvalue weighted by Gasteiger charge is 2.21. The smallest absolute Gasteiger partial charge is 0.242 e. The molecule has 6 heteroatoms. The molecular formula is C15H32N4O2. The molecule has 3 atom stereocenters. The van der Waals surface area contributed by atoms with E-state index in [2.05, 4.69) is 22.9 Å². The van der Waals surface area contributed by atoms with Gasteiger partial charge in [-0.25, -0.2) is 0 Å². The van der Waals surface area contributed by atoms with Gasteiger partial charge in [-0.3, -0.25) is 9.59 Å². The van der Waals surface area contributed by atoms with E-state index in [-0.39, 0.29) is 23.9 Å². The van der Waals surface area contributed by atoms with Crippen molar-refractivity contribution in [1.82, 2.24) is 16.0 Å². The van der Waals surface area contributed by atoms with Gasteiger partial charge in [-0.15, -0.1) is 0 Å². The maximum atomic E-state index is 12.1. The van der Waals surface area contributed by atoms with E-state index in [9.17, 15) is 9.59 Å². The van der Waals surface area contributed by atoms with Gasteiger partial charge < -0.3 is 21.7 Å². The summed E-state index contributed by atoms with van der Waals surface area (Å²) in [5.74, 6) is -0.309. The van der Waals surface area contributed by atoms with Crippen LogP contribution in [-0.4, -0.2) is 43.0 Å². The molecule has 21 heavy (non-hydrogen) atoms. The molecule has 0 heterocycles. The fraction of sp³-hybridized carbons (Fsp3) is 0.867. The lowest BCUT2D eigenvalue weighted by molar-refractivity contribution is -0.129. The zero-order chi connectivity index (χ0) is 16.3. The molecule has 0 spiro atoms. The van der Waals surface area contributed by atoms with Gasteiger partial charge in [0.25, 0.3) is 0 Å². The fourth-order valence-corrected chi connectivity index (χ4v) is 1.94. The minimum absolute atomic E-state index is 0.0607. The van der Waals surface area contributed by atoms with Gasteiger partial charge in [0.2, 0.25) is 11.8 Å². The fourth-order valence-electron chi connectivity index (χ4n) is 1.94. The van der Waals surface area contributed by atoms with Gasteiger partial charge in [-0.1, -0.05) is 26.7 Å². The van der Waals surface area contributed by atoms with Gasteiger partial charge in [0.05, 0.1) is 6.04 Å². The second-order valence-corrected chi connectivity index (χ2v) is 5.40. The molecule has 5 N–H and O–H groups in total. The van der Waals surface area contributed by atoms with E-state index < -0.39 is 6.04 Å². The standard InChI is InChI=1S/C15H32N4O2/c1-5-8-9-12(16)10-18-11(4)14(20)19-13(6-2)15(21)17-7-3/h11-13,18H,5-10,16H2,1-4H3,(H,17,21)(H,19,20)/t11-,12+,13-/m0/s1. The van der Waals surface area contributed by atoms with E-state index in [1.165, 1.54) is 0 Å². The molecule has 0 saturated heterocycles. The van der Waals surface area contributed by atoms with Crippen molar-refractivity contribution in [2.45, 2.75) is 71.5 Å². The Balaban J connectivity index is 4.15. The summed E-state index contributed by atoms with van der Waals surface area (Å²) in [4.78, 5) is 23.8. The van der Waals surface area contributed by atoms with Gasteiger partial charge in [0, 0.05) is 19.1 Å². The third-order valence-electron chi connectivity index (χ3n) is 3.40. The van der Waals surface area contributed by atoms with Crippen LogP contribution in [0.1, 0.15) is 53.4 Å². The molecule has 0 aromatic carbocycles. The number of carbonyl (C=O) groups is 2. The monoisotopic (exact) mass is 300 g/mol. The Labute approximate surface area is 128 Å². The van der Waals surface area contributed by atoms with Crippen molar-refractivity contribution in [1.29, 1.82) is 0 Å². The van der Waals surface area contributed by atoms with E-state index in [1.807, 2.05) is 13.8 Å². The minimum atomic E-state index is -0.476. The SMILES string of the molecule is CCCC[C@@H](N)CN[C@@H](C)C(=O)N[C@@H](CC)C(=O)NCC. The molecule has 2 amide bonds. The number of nitrogens with one attached hydrogen (secondary N) is 3. The molecule has 0 saturated carbocycles. The molecule has 0 rings (SSSR count). The van der Waals surface area contributed by atoms with Crippen LogP contribution in [0.4, 0.5) is 0 Å². The quantitative estimate of drug-likeness (QED) is 0.447. The van der Waals surface area contributed by atoms with Crippen molar-refractivity contribution in [3.63, 3.8) is 0 Å². The van der Waals surface area contributed by atoms with Crippen LogP contribution >= 0.6 is 0 Å². The first kappa shape index (κ1) is 19.9. The molecule has 0 aromatic rings. The Morgan fingerprint density at radius 3 is 2.33 bits per heavy atom. The first-order valence-corrected chi connectivity index (χ1v) is 8.03. The highest BCUT2D eigenvalue weighted by Crippen LogP contribution is 1.98. The molecule has 0 aromatic heterocycles. The number of amides is 2. The van der Waals surface area contributed by atoms with Gasteiger partial charge in [-0.2, -0.15) is 0 Å². The highest BCUT2D eigenvalue weighted by atomic mass is 16.2. The van der Waals surface area contributed by atoms with Crippen molar-refractivity contribution in [2.75, 3.05) is 13.1 Å². The molecule has 0 aliphatic rings. The molecule has 124 valence electrons. The normalized spacial score (nSPS) is 15.1. The molecule has 6 nitrogen and oxygen atoms in total. The van der Waals surface area contributed by atoms with E-state index >= 15 is 0 Å². The van der Waals surface area contributed by atoms with Gasteiger partial charge >= 0.3 is 0 Å². The second kappa shape index (κ2) is 11.5. The highest BCUT2D eigenvalue weighted by molar-refractivity contribution is 5.89. The number of carbonyl (C=O) groups excluding carboxylic acids is 2. The van der Waals surface area contributed by atoms with E-state index in [0.717, 1.165) is 19.3 Å². The number of rotatable bonds is 11. The topological polar surface area (TPSA) is 96.2 Å². The predicted molar refractivity (Wildman–Crippen MR) is 85.9 cm³/mol. The molecule has 0 fully saturated rings. The first-order valence-electron chi connectivity index (χ1n) is 8.03. The summed E-state index contributed by atoms with van der Waals surface area (Å²) in [5, 5.41) is 8.61. The third kappa shape index (κ3) is 8.67. The summed E-state index contributed by atoms with van der Waals surface area (Å²) >= 11 is 0. The lowest BCUT2D eigenvalue weighted by atomic mass is 10.1. The summed E-state index contributed by atoms with van der Waals surface area (Å²) < 4.78 is 0. The largest absolute Gasteiger partial charge is 0.355 e. The van der Waals surface area contributed by atoms with Crippen LogP contribution in [0.3, 0.4) is 0 Å². The Kier molecular flexibility index (Phi) is 10.9. The molecule has 0 aliphatic carbocycles. The third-order valence-corrected chi connectivity index (χ3v) is 3.40. The minimum Gasteiger partial charge on any atom is -0.355 e. The molecule has 0 bridgehead atoms. The van der Waals surface area contributed by atoms with Gasteiger partial charge in [0.15, 0.2) is 0 Å². The van der Waals surface area contributed by atoms with E-state index in [0.29, 0.717) is 19.5 Å². The van der Waals surface area contributed by atoms with Crippen molar-refractivity contribution in [3.05, 3.63) is 0 Å². The number of likely N-dealkylation sites (N-methyl/N-ethyl adjacent to an activating group) is 1. The molecule has 0 unspecified atom stereocenters. The summed E-state index contributed by atoms with van der Waals surface area (Å²) in [6, 6.07) is -0.776. The van der Waals surface area contributed by atoms with Gasteiger partial charge in [0.1, 0.15) is 6.04 Å². The molecular weight excluding hydrogens is 268 g/mol. The lowest BCUT2D eigenvalue weighted by Gasteiger charge is -2.21. The summed E-state index contributed by atoms with van der Waals surface area (Å²) in [7, 11) is 0. The first-order chi connectivity index (χ1) is 9.96. The number of nitrogens with two attached hydrogens (primary N) is 1. The molecule has 0 radical (unpaired) electrons. The number of hydrogen-bond acceptors (Lipinski definition) is 4. The maximum absolute atomic E-state index is 12.1. The molecule has 0 aliphatic heterocycles. The predicted octanol–water partition coefficient (Wildman–Crippen LogP) is 0.513. The Morgan fingerprint density at radius 1 is 1.14 bits per heavy atom. The Hall–Kier alpha value is -1.14. The van der Waals surface area contributed by atoms with Crippen molar-refractivity contribution in [2.24, 2.45) is 5.73 Å². The average molecular weight is 300 g/mol. The van der Waals surface area contributed by atoms with Crippen LogP contribution < -0.4 is 21.7 Å². The maximum Gasteiger partial charge on any atom is 0.242 e. The van der Waals surface area contributed by atoms with Crippen molar-refractivity contribution in [3.8, 4) is 0 Å². The average Bonchev–Trinajstić information content (AvgIpc) is 2.47.